The van der Waals surface area contributed by atoms with Gasteiger partial charge < -0.3 is 5.11 Å². The lowest BCUT2D eigenvalue weighted by atomic mass is 9.76. The van der Waals surface area contributed by atoms with E-state index < -0.39 is 17.2 Å². The first kappa shape index (κ1) is 12.5. The predicted molar refractivity (Wildman–Crippen MR) is 62.6 cm³/mol. The van der Waals surface area contributed by atoms with Gasteiger partial charge in [-0.25, -0.2) is 8.78 Å². The van der Waals surface area contributed by atoms with Crippen molar-refractivity contribution in [3.63, 3.8) is 0 Å². The molecule has 1 aliphatic carbocycles. The monoisotopic (exact) mass is 240 g/mol. The van der Waals surface area contributed by atoms with Crippen LogP contribution in [-0.4, -0.2) is 10.7 Å². The highest BCUT2D eigenvalue weighted by Crippen LogP contribution is 2.34. The van der Waals surface area contributed by atoms with Crippen molar-refractivity contribution in [3.05, 3.63) is 35.4 Å². The van der Waals surface area contributed by atoms with Crippen molar-refractivity contribution in [2.75, 3.05) is 0 Å². The van der Waals surface area contributed by atoms with Gasteiger partial charge in [0.15, 0.2) is 11.6 Å². The minimum absolute atomic E-state index is 0.212. The van der Waals surface area contributed by atoms with E-state index in [0.717, 1.165) is 18.9 Å². The molecule has 0 amide bonds. The molecular weight excluding hydrogens is 222 g/mol. The van der Waals surface area contributed by atoms with Crippen LogP contribution in [0.15, 0.2) is 18.2 Å². The molecule has 17 heavy (non-hydrogen) atoms. The molecule has 0 saturated heterocycles. The summed E-state index contributed by atoms with van der Waals surface area (Å²) in [5.74, 6) is -1.04. The van der Waals surface area contributed by atoms with Crippen molar-refractivity contribution in [2.24, 2.45) is 5.92 Å². The van der Waals surface area contributed by atoms with Gasteiger partial charge in [-0.2, -0.15) is 0 Å². The lowest BCUT2D eigenvalue weighted by Crippen LogP contribution is -2.36. The average molecular weight is 240 g/mol. The van der Waals surface area contributed by atoms with Crippen molar-refractivity contribution in [1.29, 1.82) is 0 Å². The highest BCUT2D eigenvalue weighted by atomic mass is 19.2. The van der Waals surface area contributed by atoms with Gasteiger partial charge in [-0.15, -0.1) is 0 Å². The number of hydrogen-bond donors (Lipinski definition) is 1. The molecule has 0 spiro atoms. The predicted octanol–water partition coefficient (Wildman–Crippen LogP) is 3.45. The summed E-state index contributed by atoms with van der Waals surface area (Å²) in [5, 5.41) is 10.4. The second-order valence-electron chi connectivity index (χ2n) is 5.30. The van der Waals surface area contributed by atoms with E-state index >= 15 is 0 Å². The lowest BCUT2D eigenvalue weighted by Gasteiger charge is -2.35. The van der Waals surface area contributed by atoms with E-state index in [1.165, 1.54) is 6.07 Å². The molecule has 1 aromatic rings. The Kier molecular flexibility index (Phi) is 3.48. The Morgan fingerprint density at radius 1 is 1.29 bits per heavy atom. The van der Waals surface area contributed by atoms with E-state index in [9.17, 15) is 13.9 Å². The summed E-state index contributed by atoms with van der Waals surface area (Å²) in [5.41, 5.74) is -0.580. The molecule has 1 nitrogen and oxygen atoms in total. The first-order chi connectivity index (χ1) is 8.00. The molecule has 0 aromatic heterocycles. The van der Waals surface area contributed by atoms with Crippen LogP contribution in [0.3, 0.4) is 0 Å². The van der Waals surface area contributed by atoms with Gasteiger partial charge in [0, 0.05) is 6.42 Å². The maximum Gasteiger partial charge on any atom is 0.162 e. The smallest absolute Gasteiger partial charge is 0.162 e. The number of rotatable bonds is 2. The summed E-state index contributed by atoms with van der Waals surface area (Å²) >= 11 is 0. The summed E-state index contributed by atoms with van der Waals surface area (Å²) in [7, 11) is 0. The van der Waals surface area contributed by atoms with E-state index in [0.29, 0.717) is 18.8 Å². The van der Waals surface area contributed by atoms with Crippen LogP contribution in [0.5, 0.6) is 0 Å². The Bertz CT molecular complexity index is 395. The summed E-state index contributed by atoms with van der Waals surface area (Å²) < 4.78 is 26.6. The zero-order valence-corrected chi connectivity index (χ0v) is 10.0. The molecule has 0 aliphatic heterocycles. The average Bonchev–Trinajstić information content (AvgIpc) is 2.30. The molecule has 3 heteroatoms. The summed E-state index contributed by atoms with van der Waals surface area (Å²) in [6, 6.07) is 4.14. The van der Waals surface area contributed by atoms with Gasteiger partial charge >= 0.3 is 0 Å². The van der Waals surface area contributed by atoms with Gasteiger partial charge in [-0.3, -0.25) is 0 Å². The van der Waals surface area contributed by atoms with Crippen LogP contribution in [-0.2, 0) is 6.42 Å². The van der Waals surface area contributed by atoms with Gasteiger partial charge in [0.1, 0.15) is 0 Å². The van der Waals surface area contributed by atoms with Gasteiger partial charge in [-0.05, 0) is 43.2 Å². The van der Waals surface area contributed by atoms with Crippen LogP contribution in [0.4, 0.5) is 8.78 Å². The van der Waals surface area contributed by atoms with Crippen LogP contribution in [0.2, 0.25) is 0 Å². The fourth-order valence-corrected chi connectivity index (χ4v) is 2.52. The SMILES string of the molecule is CC1CCC(O)(Cc2cccc(F)c2F)CC1. The molecular formula is C14H18F2O. The number of benzene rings is 1. The molecule has 0 radical (unpaired) electrons. The highest BCUT2D eigenvalue weighted by molar-refractivity contribution is 5.21. The third-order valence-electron chi connectivity index (χ3n) is 3.76. The summed E-state index contributed by atoms with van der Waals surface area (Å²) in [6.07, 6.45) is 3.46. The lowest BCUT2D eigenvalue weighted by molar-refractivity contribution is -0.00740. The van der Waals surface area contributed by atoms with E-state index in [-0.39, 0.29) is 12.0 Å². The van der Waals surface area contributed by atoms with Gasteiger partial charge in [0.2, 0.25) is 0 Å². The number of halogens is 2. The molecule has 2 rings (SSSR count). The maximum atomic E-state index is 13.5. The second-order valence-corrected chi connectivity index (χ2v) is 5.30. The van der Waals surface area contributed by atoms with Crippen LogP contribution < -0.4 is 0 Å². The Labute approximate surface area is 100 Å². The second kappa shape index (κ2) is 4.73. The van der Waals surface area contributed by atoms with Crippen molar-refractivity contribution < 1.29 is 13.9 Å². The van der Waals surface area contributed by atoms with Crippen LogP contribution in [0, 0.1) is 17.6 Å². The Hall–Kier alpha value is -0.960. The maximum absolute atomic E-state index is 13.5. The first-order valence-corrected chi connectivity index (χ1v) is 6.15. The fourth-order valence-electron chi connectivity index (χ4n) is 2.52. The van der Waals surface area contributed by atoms with Gasteiger partial charge in [0.25, 0.3) is 0 Å². The van der Waals surface area contributed by atoms with Gasteiger partial charge in [0.05, 0.1) is 5.60 Å². The highest BCUT2D eigenvalue weighted by Gasteiger charge is 2.32. The Balaban J connectivity index is 2.12. The van der Waals surface area contributed by atoms with E-state index in [2.05, 4.69) is 6.92 Å². The minimum Gasteiger partial charge on any atom is -0.390 e. The zero-order chi connectivity index (χ0) is 12.5. The number of aliphatic hydroxyl groups is 1. The largest absolute Gasteiger partial charge is 0.390 e. The molecule has 0 heterocycles. The summed E-state index contributed by atoms with van der Waals surface area (Å²) in [4.78, 5) is 0. The molecule has 1 N–H and O–H groups in total. The van der Waals surface area contributed by atoms with Crippen molar-refractivity contribution in [3.8, 4) is 0 Å². The minimum atomic E-state index is -0.860. The van der Waals surface area contributed by atoms with Crippen LogP contribution in [0.25, 0.3) is 0 Å². The standard InChI is InChI=1S/C14H18F2O/c1-10-5-7-14(17,8-6-10)9-11-3-2-4-12(15)13(11)16/h2-4,10,17H,5-9H2,1H3. The van der Waals surface area contributed by atoms with E-state index in [4.69, 9.17) is 0 Å². The first-order valence-electron chi connectivity index (χ1n) is 6.15. The molecule has 0 unspecified atom stereocenters. The molecule has 94 valence electrons. The van der Waals surface area contributed by atoms with E-state index in [1.807, 2.05) is 0 Å². The molecule has 1 aromatic carbocycles. The Morgan fingerprint density at radius 3 is 2.59 bits per heavy atom. The topological polar surface area (TPSA) is 20.2 Å². The molecule has 0 atom stereocenters. The van der Waals surface area contributed by atoms with Crippen molar-refractivity contribution in [2.45, 2.75) is 44.6 Å². The van der Waals surface area contributed by atoms with Crippen molar-refractivity contribution in [1.82, 2.24) is 0 Å². The van der Waals surface area contributed by atoms with Gasteiger partial charge in [-0.1, -0.05) is 19.1 Å². The normalized spacial score (nSPS) is 29.3. The third-order valence-corrected chi connectivity index (χ3v) is 3.76. The van der Waals surface area contributed by atoms with E-state index in [1.54, 1.807) is 6.07 Å². The summed E-state index contributed by atoms with van der Waals surface area (Å²) in [6.45, 7) is 2.16. The quantitative estimate of drug-likeness (QED) is 0.839. The Morgan fingerprint density at radius 2 is 1.94 bits per heavy atom. The number of hydrogen-bond acceptors (Lipinski definition) is 1. The molecule has 0 bridgehead atoms. The zero-order valence-electron chi connectivity index (χ0n) is 10.0. The molecule has 1 fully saturated rings. The van der Waals surface area contributed by atoms with Crippen LogP contribution >= 0.6 is 0 Å². The third kappa shape index (κ3) is 2.83. The van der Waals surface area contributed by atoms with Crippen LogP contribution in [0.1, 0.15) is 38.2 Å². The fraction of sp³-hybridized carbons (Fsp3) is 0.571. The molecule has 1 aliphatic rings. The van der Waals surface area contributed by atoms with Crippen molar-refractivity contribution >= 4 is 0 Å². The molecule has 1 saturated carbocycles.